The molecular weight excluding hydrogens is 269 g/mol. The van der Waals surface area contributed by atoms with Crippen molar-refractivity contribution in [3.63, 3.8) is 0 Å². The predicted octanol–water partition coefficient (Wildman–Crippen LogP) is 0.842. The Labute approximate surface area is 124 Å². The van der Waals surface area contributed by atoms with Crippen molar-refractivity contribution in [3.8, 4) is 0 Å². The Kier molecular flexibility index (Phi) is 5.86. The predicted molar refractivity (Wildman–Crippen MR) is 80.6 cm³/mol. The molecule has 0 aliphatic carbocycles. The summed E-state index contributed by atoms with van der Waals surface area (Å²) >= 11 is 0. The summed E-state index contributed by atoms with van der Waals surface area (Å²) in [5.41, 5.74) is 1.02. The number of aldehydes is 1. The van der Waals surface area contributed by atoms with Crippen LogP contribution in [0.25, 0.3) is 6.08 Å². The fourth-order valence-electron chi connectivity index (χ4n) is 2.03. The fraction of sp³-hybridized carbons (Fsp3) is 0.333. The molecule has 6 heteroatoms. The lowest BCUT2D eigenvalue weighted by molar-refractivity contribution is -0.136. The minimum Gasteiger partial charge on any atom is -0.406 e. The SMILES string of the molecule is CN1CCOB(/C=C/c2ccccc2)OC(C(=O)C=O)C1. The summed E-state index contributed by atoms with van der Waals surface area (Å²) in [6.07, 6.45) is 1.38. The average Bonchev–Trinajstić information content (AvgIpc) is 2.49. The zero-order valence-corrected chi connectivity index (χ0v) is 12.0. The minimum atomic E-state index is -0.793. The number of rotatable bonds is 4. The van der Waals surface area contributed by atoms with Gasteiger partial charge in [0.25, 0.3) is 0 Å². The van der Waals surface area contributed by atoms with Gasteiger partial charge in [0.15, 0.2) is 6.29 Å². The van der Waals surface area contributed by atoms with Crippen LogP contribution in [0.5, 0.6) is 0 Å². The average molecular weight is 287 g/mol. The highest BCUT2D eigenvalue weighted by molar-refractivity contribution is 6.52. The largest absolute Gasteiger partial charge is 0.486 e. The van der Waals surface area contributed by atoms with Crippen molar-refractivity contribution in [1.82, 2.24) is 4.90 Å². The maximum Gasteiger partial charge on any atom is 0.486 e. The van der Waals surface area contributed by atoms with E-state index in [-0.39, 0.29) is 0 Å². The Bertz CT molecular complexity index is 506. The van der Waals surface area contributed by atoms with Crippen LogP contribution in [0.1, 0.15) is 5.56 Å². The molecular formula is C15H18BNO4. The first-order valence-corrected chi connectivity index (χ1v) is 6.87. The van der Waals surface area contributed by atoms with Crippen molar-refractivity contribution >= 4 is 25.3 Å². The molecule has 0 bridgehead atoms. The highest BCUT2D eigenvalue weighted by atomic mass is 16.6. The first kappa shape index (κ1) is 15.6. The van der Waals surface area contributed by atoms with Gasteiger partial charge in [0, 0.05) is 19.7 Å². The Morgan fingerprint density at radius 1 is 1.38 bits per heavy atom. The van der Waals surface area contributed by atoms with Gasteiger partial charge >= 0.3 is 7.12 Å². The zero-order valence-electron chi connectivity index (χ0n) is 12.0. The molecule has 2 rings (SSSR count). The Morgan fingerprint density at radius 2 is 2.14 bits per heavy atom. The normalized spacial score (nSPS) is 21.0. The van der Waals surface area contributed by atoms with E-state index in [4.69, 9.17) is 9.31 Å². The summed E-state index contributed by atoms with van der Waals surface area (Å²) in [5, 5.41) is 0. The zero-order chi connectivity index (χ0) is 15.1. The Balaban J connectivity index is 2.05. The number of hydrogen-bond acceptors (Lipinski definition) is 5. The summed E-state index contributed by atoms with van der Waals surface area (Å²) in [6, 6.07) is 9.73. The molecule has 0 saturated carbocycles. The van der Waals surface area contributed by atoms with E-state index in [1.54, 1.807) is 5.98 Å². The van der Waals surface area contributed by atoms with E-state index in [9.17, 15) is 9.59 Å². The second-order valence-corrected chi connectivity index (χ2v) is 4.92. The summed E-state index contributed by atoms with van der Waals surface area (Å²) in [7, 11) is 1.23. The van der Waals surface area contributed by atoms with Crippen molar-refractivity contribution < 1.29 is 18.9 Å². The quantitative estimate of drug-likeness (QED) is 0.466. The third-order valence-corrected chi connectivity index (χ3v) is 3.21. The molecule has 1 fully saturated rings. The molecule has 0 N–H and O–H groups in total. The second-order valence-electron chi connectivity index (χ2n) is 4.92. The number of benzene rings is 1. The summed E-state index contributed by atoms with van der Waals surface area (Å²) < 4.78 is 11.2. The number of hydrogen-bond donors (Lipinski definition) is 0. The van der Waals surface area contributed by atoms with Gasteiger partial charge in [-0.3, -0.25) is 9.59 Å². The molecule has 0 spiro atoms. The summed E-state index contributed by atoms with van der Waals surface area (Å²) in [4.78, 5) is 24.2. The van der Waals surface area contributed by atoms with Crippen molar-refractivity contribution in [2.24, 2.45) is 0 Å². The molecule has 1 saturated heterocycles. The van der Waals surface area contributed by atoms with Crippen LogP contribution < -0.4 is 0 Å². The smallest absolute Gasteiger partial charge is 0.406 e. The molecule has 1 atom stereocenters. The third kappa shape index (κ3) is 4.93. The van der Waals surface area contributed by atoms with Crippen LogP contribution in [0.15, 0.2) is 36.3 Å². The number of nitrogens with zero attached hydrogens (tertiary/aromatic N) is 1. The number of likely N-dealkylation sites (N-methyl/N-ethyl adjacent to an activating group) is 1. The van der Waals surface area contributed by atoms with Gasteiger partial charge in [-0.25, -0.2) is 0 Å². The number of carbonyl (C=O) groups is 2. The van der Waals surface area contributed by atoms with E-state index in [0.29, 0.717) is 26.0 Å². The lowest BCUT2D eigenvalue weighted by Crippen LogP contribution is -2.45. The molecule has 110 valence electrons. The molecule has 5 nitrogen and oxygen atoms in total. The van der Waals surface area contributed by atoms with E-state index in [1.807, 2.05) is 48.4 Å². The van der Waals surface area contributed by atoms with Crippen LogP contribution >= 0.6 is 0 Å². The Hall–Kier alpha value is -1.76. The van der Waals surface area contributed by atoms with Crippen molar-refractivity contribution in [2.75, 3.05) is 26.7 Å². The van der Waals surface area contributed by atoms with E-state index >= 15 is 0 Å². The number of ketones is 1. The lowest BCUT2D eigenvalue weighted by Gasteiger charge is -2.27. The van der Waals surface area contributed by atoms with Gasteiger partial charge in [-0.05, 0) is 12.6 Å². The molecule has 0 amide bonds. The first-order chi connectivity index (χ1) is 10.2. The van der Waals surface area contributed by atoms with E-state index < -0.39 is 19.0 Å². The monoisotopic (exact) mass is 287 g/mol. The first-order valence-electron chi connectivity index (χ1n) is 6.87. The van der Waals surface area contributed by atoms with E-state index in [2.05, 4.69) is 0 Å². The topological polar surface area (TPSA) is 55.8 Å². The van der Waals surface area contributed by atoms with Gasteiger partial charge in [-0.2, -0.15) is 0 Å². The molecule has 0 radical (unpaired) electrons. The number of Topliss-reactive ketones (excluding diaryl/α,β-unsaturated/α-hetero) is 1. The van der Waals surface area contributed by atoms with E-state index in [0.717, 1.165) is 5.56 Å². The second kappa shape index (κ2) is 7.88. The molecule has 1 aromatic rings. The van der Waals surface area contributed by atoms with Gasteiger partial charge in [-0.15, -0.1) is 0 Å². The highest BCUT2D eigenvalue weighted by Gasteiger charge is 2.28. The van der Waals surface area contributed by atoms with Crippen LogP contribution in [0.3, 0.4) is 0 Å². The molecule has 21 heavy (non-hydrogen) atoms. The van der Waals surface area contributed by atoms with Gasteiger partial charge in [-0.1, -0.05) is 42.4 Å². The van der Waals surface area contributed by atoms with Crippen LogP contribution in [0.2, 0.25) is 0 Å². The van der Waals surface area contributed by atoms with Crippen molar-refractivity contribution in [2.45, 2.75) is 6.10 Å². The third-order valence-electron chi connectivity index (χ3n) is 3.21. The minimum absolute atomic E-state index is 0.304. The van der Waals surface area contributed by atoms with Crippen LogP contribution in [-0.2, 0) is 18.9 Å². The molecule has 1 unspecified atom stereocenters. The van der Waals surface area contributed by atoms with Crippen LogP contribution in [-0.4, -0.2) is 56.9 Å². The lowest BCUT2D eigenvalue weighted by atomic mass is 9.87. The molecule has 1 aromatic carbocycles. The molecule has 1 heterocycles. The van der Waals surface area contributed by atoms with Gasteiger partial charge in [0.05, 0.1) is 0 Å². The maximum atomic E-state index is 11.6. The summed E-state index contributed by atoms with van der Waals surface area (Å²) in [5.74, 6) is 1.19. The molecule has 0 aromatic heterocycles. The molecule has 1 aliphatic heterocycles. The van der Waals surface area contributed by atoms with Gasteiger partial charge < -0.3 is 14.2 Å². The highest BCUT2D eigenvalue weighted by Crippen LogP contribution is 2.08. The standard InChI is InChI=1S/C15H18BNO4/c1-17-9-10-20-16(21-15(11-17)14(19)12-18)8-7-13-5-3-2-4-6-13/h2-8,12,15H,9-11H2,1H3/b8-7+. The number of carbonyl (C=O) groups excluding carboxylic acids is 2. The van der Waals surface area contributed by atoms with Gasteiger partial charge in [0.1, 0.15) is 6.10 Å². The van der Waals surface area contributed by atoms with Crippen LogP contribution in [0, 0.1) is 0 Å². The molecule has 1 aliphatic rings. The maximum absolute atomic E-state index is 11.6. The van der Waals surface area contributed by atoms with E-state index in [1.165, 1.54) is 0 Å². The van der Waals surface area contributed by atoms with Crippen molar-refractivity contribution in [3.05, 3.63) is 41.9 Å². The summed E-state index contributed by atoms with van der Waals surface area (Å²) in [6.45, 7) is 1.57. The van der Waals surface area contributed by atoms with Gasteiger partial charge in [0.2, 0.25) is 5.78 Å². The Morgan fingerprint density at radius 3 is 2.86 bits per heavy atom. The van der Waals surface area contributed by atoms with Crippen LogP contribution in [0.4, 0.5) is 0 Å². The van der Waals surface area contributed by atoms with Crippen molar-refractivity contribution in [1.29, 1.82) is 0 Å². The fourth-order valence-corrected chi connectivity index (χ4v) is 2.03.